The van der Waals surface area contributed by atoms with Gasteiger partial charge in [-0.1, -0.05) is 12.1 Å². The molecule has 1 aromatic heterocycles. The van der Waals surface area contributed by atoms with Crippen molar-refractivity contribution in [3.63, 3.8) is 0 Å². The monoisotopic (exact) mass is 369 g/mol. The van der Waals surface area contributed by atoms with Crippen molar-refractivity contribution in [3.8, 4) is 11.8 Å². The number of aliphatic hydroxyl groups is 1. The van der Waals surface area contributed by atoms with Crippen LogP contribution in [0.4, 0.5) is 5.69 Å². The number of nitrogens with zero attached hydrogens (tertiary/aromatic N) is 1. The molecule has 3 N–H and O–H groups in total. The Morgan fingerprint density at radius 3 is 2.65 bits per heavy atom. The Labute approximate surface area is 154 Å². The second kappa shape index (κ2) is 7.30. The topological polar surface area (TPSA) is 104 Å². The van der Waals surface area contributed by atoms with Crippen LogP contribution in [0, 0.1) is 11.3 Å². The maximum absolute atomic E-state index is 12.6. The summed E-state index contributed by atoms with van der Waals surface area (Å²) in [7, 11) is 0. The molecule has 1 unspecified atom stereocenters. The molecule has 6 nitrogen and oxygen atoms in total. The Hall–Kier alpha value is -2.66. The highest BCUT2D eigenvalue weighted by atomic mass is 32.2. The van der Waals surface area contributed by atoms with E-state index in [1.807, 2.05) is 12.1 Å². The molecule has 0 aliphatic carbocycles. The molecule has 0 fully saturated rings. The summed E-state index contributed by atoms with van der Waals surface area (Å²) in [6.45, 7) is 3.47. The molecule has 2 aromatic carbocycles. The number of rotatable bonds is 6. The zero-order chi connectivity index (χ0) is 18.7. The lowest BCUT2D eigenvalue weighted by Gasteiger charge is -2.23. The van der Waals surface area contributed by atoms with E-state index < -0.39 is 17.0 Å². The van der Waals surface area contributed by atoms with Crippen LogP contribution in [0.1, 0.15) is 19.4 Å². The number of aliphatic hydroxyl groups excluding tert-OH is 1. The first kappa shape index (κ1) is 18.1. The fourth-order valence-corrected chi connectivity index (χ4v) is 3.34. The van der Waals surface area contributed by atoms with Crippen molar-refractivity contribution in [2.75, 3.05) is 11.3 Å². The van der Waals surface area contributed by atoms with E-state index in [1.54, 1.807) is 50.4 Å². The molecule has 1 heterocycles. The summed E-state index contributed by atoms with van der Waals surface area (Å²) in [5.74, 6) is 0.593. The Morgan fingerprint density at radius 1 is 1.27 bits per heavy atom. The maximum Gasteiger partial charge on any atom is 0.180 e. The highest BCUT2D eigenvalue weighted by molar-refractivity contribution is 7.92. The molecule has 0 spiro atoms. The van der Waals surface area contributed by atoms with E-state index in [4.69, 9.17) is 10.00 Å². The van der Waals surface area contributed by atoms with Gasteiger partial charge >= 0.3 is 0 Å². The summed E-state index contributed by atoms with van der Waals surface area (Å²) in [5.41, 5.74) is 1.26. The third-order valence-corrected chi connectivity index (χ3v) is 4.96. The number of H-pyrrole nitrogens is 1. The Morgan fingerprint density at radius 2 is 2.00 bits per heavy atom. The van der Waals surface area contributed by atoms with Crippen LogP contribution in [-0.2, 0) is 11.4 Å². The van der Waals surface area contributed by atoms with E-state index in [-0.39, 0.29) is 6.61 Å². The molecule has 7 heteroatoms. The molecule has 26 heavy (non-hydrogen) atoms. The SMILES string of the molecule is CC(C)(CO)Oc1ccc([S+]([O-])Nc2cccc3c(C#N)c[nH]c23)cc1. The number of nitrogens with one attached hydrogen (secondary N) is 2. The van der Waals surface area contributed by atoms with Gasteiger partial charge in [0.2, 0.25) is 0 Å². The predicted octanol–water partition coefficient (Wildman–Crippen LogP) is 3.32. The van der Waals surface area contributed by atoms with Crippen LogP contribution in [0.2, 0.25) is 0 Å². The number of para-hydroxylation sites is 1. The number of ether oxygens (including phenoxy) is 1. The first-order chi connectivity index (χ1) is 12.4. The molecule has 0 aliphatic rings. The summed E-state index contributed by atoms with van der Waals surface area (Å²) >= 11 is -1.47. The fraction of sp³-hybridized carbons (Fsp3) is 0.211. The third-order valence-electron chi connectivity index (χ3n) is 3.85. The number of aromatic amines is 1. The molecule has 3 aromatic rings. The molecular weight excluding hydrogens is 350 g/mol. The molecule has 0 saturated heterocycles. The molecule has 0 radical (unpaired) electrons. The van der Waals surface area contributed by atoms with Crippen molar-refractivity contribution in [1.29, 1.82) is 5.26 Å². The lowest BCUT2D eigenvalue weighted by molar-refractivity contribution is 0.0412. The molecule has 1 atom stereocenters. The lowest BCUT2D eigenvalue weighted by atomic mass is 10.1. The minimum atomic E-state index is -1.47. The quantitative estimate of drug-likeness (QED) is 0.578. The Balaban J connectivity index is 1.77. The van der Waals surface area contributed by atoms with Crippen LogP contribution in [0.25, 0.3) is 10.9 Å². The van der Waals surface area contributed by atoms with Crippen molar-refractivity contribution in [1.82, 2.24) is 4.98 Å². The number of aromatic nitrogens is 1. The van der Waals surface area contributed by atoms with Gasteiger partial charge in [0.15, 0.2) is 4.90 Å². The van der Waals surface area contributed by atoms with Gasteiger partial charge < -0.3 is 19.4 Å². The summed E-state index contributed by atoms with van der Waals surface area (Å²) < 4.78 is 21.3. The van der Waals surface area contributed by atoms with Gasteiger partial charge in [0.1, 0.15) is 34.5 Å². The van der Waals surface area contributed by atoms with Gasteiger partial charge in [-0.25, -0.2) is 4.72 Å². The van der Waals surface area contributed by atoms with Crippen molar-refractivity contribution >= 4 is 28.0 Å². The molecule has 0 amide bonds. The van der Waals surface area contributed by atoms with Gasteiger partial charge in [-0.15, -0.1) is 0 Å². The zero-order valence-corrected chi connectivity index (χ0v) is 15.3. The van der Waals surface area contributed by atoms with Crippen molar-refractivity contribution in [2.45, 2.75) is 24.3 Å². The van der Waals surface area contributed by atoms with Crippen LogP contribution in [0.5, 0.6) is 5.75 Å². The normalized spacial score (nSPS) is 12.6. The number of benzene rings is 2. The van der Waals surface area contributed by atoms with Gasteiger partial charge in [0, 0.05) is 11.6 Å². The summed E-state index contributed by atoms with van der Waals surface area (Å²) in [6, 6.07) is 14.4. The largest absolute Gasteiger partial charge is 0.588 e. The first-order valence-electron chi connectivity index (χ1n) is 8.02. The zero-order valence-electron chi connectivity index (χ0n) is 14.4. The minimum absolute atomic E-state index is 0.104. The van der Waals surface area contributed by atoms with Crippen LogP contribution < -0.4 is 9.46 Å². The van der Waals surface area contributed by atoms with Crippen molar-refractivity contribution < 1.29 is 14.4 Å². The standard InChI is InChI=1S/C19H19N3O3S/c1-19(2,12-23)25-14-6-8-15(9-7-14)26(24)22-17-5-3-4-16-13(10-20)11-21-18(16)17/h3-9,11,21-23H,12H2,1-2H3. The molecule has 0 bridgehead atoms. The first-order valence-corrected chi connectivity index (χ1v) is 9.17. The van der Waals surface area contributed by atoms with Gasteiger partial charge in [-0.2, -0.15) is 5.26 Å². The third kappa shape index (κ3) is 3.78. The number of hydrogen-bond donors (Lipinski definition) is 3. The molecular formula is C19H19N3O3S. The number of hydrogen-bond acceptors (Lipinski definition) is 5. The summed E-state index contributed by atoms with van der Waals surface area (Å²) in [6.07, 6.45) is 1.63. The highest BCUT2D eigenvalue weighted by Crippen LogP contribution is 2.28. The Bertz CT molecular complexity index is 945. The van der Waals surface area contributed by atoms with E-state index in [1.165, 1.54) is 0 Å². The van der Waals surface area contributed by atoms with Crippen molar-refractivity contribution in [3.05, 3.63) is 54.2 Å². The second-order valence-corrected chi connectivity index (χ2v) is 7.62. The van der Waals surface area contributed by atoms with E-state index in [2.05, 4.69) is 15.8 Å². The smallest absolute Gasteiger partial charge is 0.180 e. The van der Waals surface area contributed by atoms with E-state index >= 15 is 0 Å². The molecule has 134 valence electrons. The minimum Gasteiger partial charge on any atom is -0.588 e. The lowest BCUT2D eigenvalue weighted by Crippen LogP contribution is -2.32. The number of anilines is 1. The number of fused-ring (bicyclic) bond motifs is 1. The predicted molar refractivity (Wildman–Crippen MR) is 101 cm³/mol. The fourth-order valence-electron chi connectivity index (χ4n) is 2.47. The molecule has 0 aliphatic heterocycles. The molecule has 3 rings (SSSR count). The summed E-state index contributed by atoms with van der Waals surface area (Å²) in [4.78, 5) is 3.63. The van der Waals surface area contributed by atoms with Crippen molar-refractivity contribution in [2.24, 2.45) is 0 Å². The number of nitriles is 1. The van der Waals surface area contributed by atoms with Gasteiger partial charge in [-0.05, 0) is 44.2 Å². The maximum atomic E-state index is 12.6. The van der Waals surface area contributed by atoms with Crippen LogP contribution in [0.3, 0.4) is 0 Å². The van der Waals surface area contributed by atoms with Crippen LogP contribution in [0.15, 0.2) is 53.6 Å². The van der Waals surface area contributed by atoms with Gasteiger partial charge in [-0.3, -0.25) is 0 Å². The average molecular weight is 369 g/mol. The second-order valence-electron chi connectivity index (χ2n) is 6.40. The highest BCUT2D eigenvalue weighted by Gasteiger charge is 2.19. The average Bonchev–Trinajstić information content (AvgIpc) is 3.06. The van der Waals surface area contributed by atoms with E-state index in [0.29, 0.717) is 21.9 Å². The Kier molecular flexibility index (Phi) is 5.09. The van der Waals surface area contributed by atoms with Gasteiger partial charge in [0.05, 0.1) is 17.7 Å². The van der Waals surface area contributed by atoms with E-state index in [0.717, 1.165) is 10.9 Å². The van der Waals surface area contributed by atoms with Crippen LogP contribution in [-0.4, -0.2) is 26.9 Å². The van der Waals surface area contributed by atoms with E-state index in [9.17, 15) is 9.66 Å². The van der Waals surface area contributed by atoms with Crippen LogP contribution >= 0.6 is 0 Å². The molecule has 0 saturated carbocycles. The summed E-state index contributed by atoms with van der Waals surface area (Å²) in [5, 5.41) is 19.2. The van der Waals surface area contributed by atoms with Gasteiger partial charge in [0.25, 0.3) is 0 Å².